The van der Waals surface area contributed by atoms with E-state index >= 15 is 0 Å². The van der Waals surface area contributed by atoms with Crippen molar-refractivity contribution in [1.29, 1.82) is 5.26 Å². The smallest absolute Gasteiger partial charge is 0.417 e. The molecule has 1 aromatic rings. The number of hydrogen-bond donors (Lipinski definition) is 0. The molecule has 1 aromatic carbocycles. The van der Waals surface area contributed by atoms with E-state index in [1.807, 2.05) is 0 Å². The Morgan fingerprint density at radius 3 is 2.32 bits per heavy atom. The van der Waals surface area contributed by atoms with Crippen LogP contribution >= 0.6 is 0 Å². The van der Waals surface area contributed by atoms with Crippen molar-refractivity contribution in [3.8, 4) is 6.07 Å². The minimum Gasteiger partial charge on any atom is -0.465 e. The average Bonchev–Trinajstić information content (AvgIpc) is 2.34. The fourth-order valence-electron chi connectivity index (χ4n) is 1.41. The Hall–Kier alpha value is -2.17. The molecule has 0 bridgehead atoms. The molecule has 102 valence electrons. The van der Waals surface area contributed by atoms with Crippen LogP contribution in [0.4, 0.5) is 22.0 Å². The van der Waals surface area contributed by atoms with E-state index in [1.54, 1.807) is 0 Å². The van der Waals surface area contributed by atoms with Crippen LogP contribution in [0.5, 0.6) is 0 Å². The number of carbonyl (C=O) groups is 1. The van der Waals surface area contributed by atoms with Crippen LogP contribution in [0, 0.1) is 11.3 Å². The van der Waals surface area contributed by atoms with Crippen LogP contribution < -0.4 is 0 Å². The molecule has 0 aromatic heterocycles. The van der Waals surface area contributed by atoms with E-state index in [9.17, 15) is 26.7 Å². The molecular weight excluding hydrogens is 273 g/mol. The number of nitriles is 1. The summed E-state index contributed by atoms with van der Waals surface area (Å²) >= 11 is 0. The highest BCUT2D eigenvalue weighted by atomic mass is 19.4. The number of alkyl halides is 5. The summed E-state index contributed by atoms with van der Waals surface area (Å²) < 4.78 is 67.4. The molecule has 0 amide bonds. The molecule has 0 saturated carbocycles. The highest BCUT2D eigenvalue weighted by Gasteiger charge is 2.36. The lowest BCUT2D eigenvalue weighted by Crippen LogP contribution is -2.14. The number of esters is 1. The lowest BCUT2D eigenvalue weighted by molar-refractivity contribution is -0.137. The minimum atomic E-state index is -4.94. The highest BCUT2D eigenvalue weighted by molar-refractivity contribution is 5.91. The van der Waals surface area contributed by atoms with Crippen molar-refractivity contribution in [1.82, 2.24) is 0 Å². The van der Waals surface area contributed by atoms with Crippen molar-refractivity contribution < 1.29 is 31.5 Å². The zero-order chi connectivity index (χ0) is 14.8. The maximum atomic E-state index is 12.7. The van der Waals surface area contributed by atoms with Gasteiger partial charge in [-0.05, 0) is 12.1 Å². The Balaban J connectivity index is 3.63. The summed E-state index contributed by atoms with van der Waals surface area (Å²) in [7, 11) is 0.850. The first kappa shape index (κ1) is 14.9. The fraction of sp³-hybridized carbons (Fsp3) is 0.273. The van der Waals surface area contributed by atoms with Gasteiger partial charge in [-0.2, -0.15) is 18.4 Å². The van der Waals surface area contributed by atoms with Crippen LogP contribution in [0.1, 0.15) is 33.5 Å². The van der Waals surface area contributed by atoms with Gasteiger partial charge in [0.25, 0.3) is 6.43 Å². The van der Waals surface area contributed by atoms with E-state index in [0.29, 0.717) is 6.07 Å². The standard InChI is InChI=1S/C11H6F5NO2/c1-19-10(18)7-3-8(11(14,15)16)5(4-17)2-6(7)9(12)13/h2-3,9H,1H3. The summed E-state index contributed by atoms with van der Waals surface area (Å²) in [5.41, 5.74) is -4.32. The maximum absolute atomic E-state index is 12.7. The predicted octanol–water partition coefficient (Wildman–Crippen LogP) is 3.30. The highest BCUT2D eigenvalue weighted by Crippen LogP contribution is 2.36. The Kier molecular flexibility index (Phi) is 4.09. The Labute approximate surface area is 104 Å². The lowest BCUT2D eigenvalue weighted by Gasteiger charge is -2.13. The summed E-state index contributed by atoms with van der Waals surface area (Å²) in [5.74, 6) is -1.33. The number of benzene rings is 1. The summed E-state index contributed by atoms with van der Waals surface area (Å²) in [6.07, 6.45) is -8.14. The van der Waals surface area contributed by atoms with E-state index in [-0.39, 0.29) is 6.07 Å². The zero-order valence-corrected chi connectivity index (χ0v) is 9.39. The van der Waals surface area contributed by atoms with E-state index in [4.69, 9.17) is 5.26 Å². The van der Waals surface area contributed by atoms with Crippen LogP contribution in [0.3, 0.4) is 0 Å². The summed E-state index contributed by atoms with van der Waals surface area (Å²) in [4.78, 5) is 11.2. The molecule has 1 rings (SSSR count). The second-order valence-electron chi connectivity index (χ2n) is 3.39. The third-order valence-corrected chi connectivity index (χ3v) is 2.26. The number of rotatable bonds is 2. The van der Waals surface area contributed by atoms with Gasteiger partial charge in [0.1, 0.15) is 0 Å². The number of carbonyl (C=O) groups excluding carboxylic acids is 1. The summed E-state index contributed by atoms with van der Waals surface area (Å²) in [6, 6.07) is 1.72. The maximum Gasteiger partial charge on any atom is 0.417 e. The molecule has 0 heterocycles. The van der Waals surface area contributed by atoms with Crippen LogP contribution in [0.2, 0.25) is 0 Å². The number of halogens is 5. The van der Waals surface area contributed by atoms with Crippen molar-refractivity contribution in [3.05, 3.63) is 34.4 Å². The Bertz CT molecular complexity index is 545. The van der Waals surface area contributed by atoms with Crippen LogP contribution in [-0.4, -0.2) is 13.1 Å². The van der Waals surface area contributed by atoms with Gasteiger partial charge < -0.3 is 4.74 Å². The average molecular weight is 279 g/mol. The molecule has 0 aliphatic rings. The molecular formula is C11H6F5NO2. The van der Waals surface area contributed by atoms with Gasteiger partial charge in [-0.25, -0.2) is 13.6 Å². The molecule has 19 heavy (non-hydrogen) atoms. The molecule has 0 radical (unpaired) electrons. The van der Waals surface area contributed by atoms with Gasteiger partial charge in [0.2, 0.25) is 0 Å². The van der Waals surface area contributed by atoms with Gasteiger partial charge in [0, 0.05) is 5.56 Å². The molecule has 0 saturated heterocycles. The Morgan fingerprint density at radius 2 is 1.95 bits per heavy atom. The quantitative estimate of drug-likeness (QED) is 0.616. The van der Waals surface area contributed by atoms with Gasteiger partial charge in [-0.15, -0.1) is 0 Å². The van der Waals surface area contributed by atoms with E-state index in [0.717, 1.165) is 7.11 Å². The monoisotopic (exact) mass is 279 g/mol. The van der Waals surface area contributed by atoms with E-state index < -0.39 is 40.8 Å². The van der Waals surface area contributed by atoms with Crippen LogP contribution in [-0.2, 0) is 10.9 Å². The first-order valence-corrected chi connectivity index (χ1v) is 4.74. The van der Waals surface area contributed by atoms with E-state index in [2.05, 4.69) is 4.74 Å². The van der Waals surface area contributed by atoms with Gasteiger partial charge >= 0.3 is 12.1 Å². The lowest BCUT2D eigenvalue weighted by atomic mass is 9.98. The first-order valence-electron chi connectivity index (χ1n) is 4.74. The Morgan fingerprint density at radius 1 is 1.37 bits per heavy atom. The molecule has 0 fully saturated rings. The van der Waals surface area contributed by atoms with Crippen molar-refractivity contribution in [2.24, 2.45) is 0 Å². The number of hydrogen-bond acceptors (Lipinski definition) is 3. The molecule has 0 aliphatic heterocycles. The van der Waals surface area contributed by atoms with Crippen LogP contribution in [0.25, 0.3) is 0 Å². The largest absolute Gasteiger partial charge is 0.465 e. The fourth-order valence-corrected chi connectivity index (χ4v) is 1.41. The van der Waals surface area contributed by atoms with Crippen molar-refractivity contribution in [3.63, 3.8) is 0 Å². The predicted molar refractivity (Wildman–Crippen MR) is 52.5 cm³/mol. The zero-order valence-electron chi connectivity index (χ0n) is 9.39. The SMILES string of the molecule is COC(=O)c1cc(C(F)(F)F)c(C#N)cc1C(F)F. The van der Waals surface area contributed by atoms with Gasteiger partial charge in [0.05, 0.1) is 29.9 Å². The van der Waals surface area contributed by atoms with Crippen molar-refractivity contribution >= 4 is 5.97 Å². The van der Waals surface area contributed by atoms with Gasteiger partial charge in [0.15, 0.2) is 0 Å². The second-order valence-corrected chi connectivity index (χ2v) is 3.39. The van der Waals surface area contributed by atoms with Crippen LogP contribution in [0.15, 0.2) is 12.1 Å². The molecule has 0 spiro atoms. The third-order valence-electron chi connectivity index (χ3n) is 2.26. The minimum absolute atomic E-state index is 0.200. The molecule has 0 aliphatic carbocycles. The number of methoxy groups -OCH3 is 1. The molecule has 0 unspecified atom stereocenters. The van der Waals surface area contributed by atoms with E-state index in [1.165, 1.54) is 6.07 Å². The third kappa shape index (κ3) is 2.99. The summed E-state index contributed by atoms with van der Waals surface area (Å²) in [5, 5.41) is 8.56. The second kappa shape index (κ2) is 5.22. The molecule has 3 nitrogen and oxygen atoms in total. The van der Waals surface area contributed by atoms with Gasteiger partial charge in [-0.1, -0.05) is 0 Å². The molecule has 0 atom stereocenters. The number of nitrogens with zero attached hydrogens (tertiary/aromatic N) is 1. The van der Waals surface area contributed by atoms with Gasteiger partial charge in [-0.3, -0.25) is 0 Å². The normalized spacial score (nSPS) is 11.3. The topological polar surface area (TPSA) is 50.1 Å². The van der Waals surface area contributed by atoms with Crippen molar-refractivity contribution in [2.75, 3.05) is 7.11 Å². The molecule has 8 heteroatoms. The molecule has 0 N–H and O–H groups in total. The van der Waals surface area contributed by atoms with Crippen molar-refractivity contribution in [2.45, 2.75) is 12.6 Å². The first-order chi connectivity index (χ1) is 8.72. The number of ether oxygens (including phenoxy) is 1. The summed E-state index contributed by atoms with van der Waals surface area (Å²) in [6.45, 7) is 0.